The highest BCUT2D eigenvalue weighted by Gasteiger charge is 2.26. The first-order chi connectivity index (χ1) is 14.4. The molecule has 0 aliphatic carbocycles. The summed E-state index contributed by atoms with van der Waals surface area (Å²) in [5.41, 5.74) is 1.25. The highest BCUT2D eigenvalue weighted by molar-refractivity contribution is 7.89. The SMILES string of the molecule is N#CCCN(C(=S)Nc1ccc(S(=O)(=O)N2CCOCC2)cc1)c1ccc(F)cc1. The summed E-state index contributed by atoms with van der Waals surface area (Å²) in [6.07, 6.45) is 0.232. The Morgan fingerprint density at radius 1 is 1.17 bits per heavy atom. The Labute approximate surface area is 180 Å². The summed E-state index contributed by atoms with van der Waals surface area (Å²) in [6.45, 7) is 1.76. The lowest BCUT2D eigenvalue weighted by atomic mass is 10.2. The fourth-order valence-electron chi connectivity index (χ4n) is 2.97. The molecule has 3 rings (SSSR count). The maximum absolute atomic E-state index is 13.2. The standard InChI is InChI=1S/C20H21FN4O3S2/c21-16-2-6-18(7-3-16)25(11-1-10-22)20(29)23-17-4-8-19(9-5-17)30(26,27)24-12-14-28-15-13-24/h2-9H,1,11-15H2,(H,23,29). The first kappa shape index (κ1) is 22.1. The van der Waals surface area contributed by atoms with Crippen LogP contribution in [0.3, 0.4) is 0 Å². The summed E-state index contributed by atoms with van der Waals surface area (Å²) >= 11 is 5.47. The average Bonchev–Trinajstić information content (AvgIpc) is 2.76. The predicted molar refractivity (Wildman–Crippen MR) is 116 cm³/mol. The largest absolute Gasteiger partial charge is 0.379 e. The Morgan fingerprint density at radius 2 is 1.80 bits per heavy atom. The van der Waals surface area contributed by atoms with Crippen LogP contribution in [0.4, 0.5) is 15.8 Å². The number of anilines is 2. The molecule has 0 radical (unpaired) electrons. The summed E-state index contributed by atoms with van der Waals surface area (Å²) in [7, 11) is -3.57. The molecule has 1 aliphatic heterocycles. The topological polar surface area (TPSA) is 85.7 Å². The van der Waals surface area contributed by atoms with Crippen molar-refractivity contribution in [2.45, 2.75) is 11.3 Å². The van der Waals surface area contributed by atoms with Crippen LogP contribution in [-0.4, -0.2) is 50.7 Å². The Balaban J connectivity index is 1.73. The van der Waals surface area contributed by atoms with Crippen LogP contribution in [0.2, 0.25) is 0 Å². The van der Waals surface area contributed by atoms with Crippen LogP contribution in [0.25, 0.3) is 0 Å². The Morgan fingerprint density at radius 3 is 2.40 bits per heavy atom. The van der Waals surface area contributed by atoms with Gasteiger partial charge in [0.05, 0.1) is 30.6 Å². The molecule has 1 N–H and O–H groups in total. The first-order valence-electron chi connectivity index (χ1n) is 9.31. The zero-order chi connectivity index (χ0) is 21.6. The van der Waals surface area contributed by atoms with Crippen LogP contribution in [-0.2, 0) is 14.8 Å². The number of rotatable bonds is 6. The van der Waals surface area contributed by atoms with E-state index in [-0.39, 0.29) is 17.1 Å². The summed E-state index contributed by atoms with van der Waals surface area (Å²) in [5, 5.41) is 12.3. The van der Waals surface area contributed by atoms with E-state index in [0.29, 0.717) is 49.3 Å². The van der Waals surface area contributed by atoms with Crippen molar-refractivity contribution in [2.24, 2.45) is 0 Å². The third-order valence-corrected chi connectivity index (χ3v) is 6.78. The second kappa shape index (κ2) is 9.95. The number of ether oxygens (including phenoxy) is 1. The van der Waals surface area contributed by atoms with Gasteiger partial charge in [0.2, 0.25) is 10.0 Å². The quantitative estimate of drug-likeness (QED) is 0.680. The van der Waals surface area contributed by atoms with Gasteiger partial charge in [-0.15, -0.1) is 0 Å². The lowest BCUT2D eigenvalue weighted by Crippen LogP contribution is -2.40. The number of sulfonamides is 1. The summed E-state index contributed by atoms with van der Waals surface area (Å²) < 4.78 is 45.3. The zero-order valence-electron chi connectivity index (χ0n) is 16.1. The van der Waals surface area contributed by atoms with Gasteiger partial charge in [-0.1, -0.05) is 0 Å². The molecule has 158 valence electrons. The van der Waals surface area contributed by atoms with E-state index < -0.39 is 10.0 Å². The molecule has 1 aliphatic rings. The van der Waals surface area contributed by atoms with Crippen molar-refractivity contribution in [3.05, 3.63) is 54.3 Å². The number of thiocarbonyl (C=S) groups is 1. The van der Waals surface area contributed by atoms with Crippen molar-refractivity contribution < 1.29 is 17.5 Å². The first-order valence-corrected chi connectivity index (χ1v) is 11.2. The normalized spacial score (nSPS) is 14.7. The average molecular weight is 449 g/mol. The third-order valence-electron chi connectivity index (χ3n) is 4.54. The maximum Gasteiger partial charge on any atom is 0.243 e. The van der Waals surface area contributed by atoms with E-state index in [1.807, 2.05) is 0 Å². The predicted octanol–water partition coefficient (Wildman–Crippen LogP) is 2.96. The van der Waals surface area contributed by atoms with Crippen LogP contribution < -0.4 is 10.2 Å². The number of hydrogen-bond acceptors (Lipinski definition) is 5. The minimum atomic E-state index is -3.57. The molecule has 7 nitrogen and oxygen atoms in total. The van der Waals surface area contributed by atoms with Crippen LogP contribution >= 0.6 is 12.2 Å². The van der Waals surface area contributed by atoms with Crippen molar-refractivity contribution in [3.63, 3.8) is 0 Å². The van der Waals surface area contributed by atoms with Gasteiger partial charge < -0.3 is 15.0 Å². The molecule has 0 unspecified atom stereocenters. The molecule has 10 heteroatoms. The Hall–Kier alpha value is -2.58. The van der Waals surface area contributed by atoms with E-state index in [1.165, 1.54) is 28.6 Å². The van der Waals surface area contributed by atoms with E-state index in [2.05, 4.69) is 11.4 Å². The summed E-state index contributed by atoms with van der Waals surface area (Å²) in [5.74, 6) is -0.366. The van der Waals surface area contributed by atoms with Crippen molar-refractivity contribution >= 4 is 38.7 Å². The van der Waals surface area contributed by atoms with Gasteiger partial charge in [0, 0.05) is 31.0 Å². The molecule has 30 heavy (non-hydrogen) atoms. The van der Waals surface area contributed by atoms with Gasteiger partial charge >= 0.3 is 0 Å². The van der Waals surface area contributed by atoms with Crippen molar-refractivity contribution in [3.8, 4) is 6.07 Å². The molecule has 1 saturated heterocycles. The molecule has 0 amide bonds. The van der Waals surface area contributed by atoms with Gasteiger partial charge in [-0.25, -0.2) is 12.8 Å². The highest BCUT2D eigenvalue weighted by Crippen LogP contribution is 2.21. The minimum absolute atomic E-state index is 0.195. The van der Waals surface area contributed by atoms with Crippen molar-refractivity contribution in [1.82, 2.24) is 4.31 Å². The van der Waals surface area contributed by atoms with Crippen LogP contribution in [0.15, 0.2) is 53.4 Å². The van der Waals surface area contributed by atoms with E-state index in [0.717, 1.165) is 0 Å². The summed E-state index contributed by atoms with van der Waals surface area (Å²) in [4.78, 5) is 1.89. The number of hydrogen-bond donors (Lipinski definition) is 1. The number of benzene rings is 2. The number of halogens is 1. The minimum Gasteiger partial charge on any atom is -0.379 e. The van der Waals surface area contributed by atoms with Gasteiger partial charge in [-0.3, -0.25) is 0 Å². The number of nitrogens with zero attached hydrogens (tertiary/aromatic N) is 3. The van der Waals surface area contributed by atoms with Gasteiger partial charge in [0.25, 0.3) is 0 Å². The van der Waals surface area contributed by atoms with Crippen LogP contribution in [0.1, 0.15) is 6.42 Å². The van der Waals surface area contributed by atoms with Gasteiger partial charge in [-0.2, -0.15) is 9.57 Å². The molecule has 2 aromatic carbocycles. The van der Waals surface area contributed by atoms with Crippen molar-refractivity contribution in [1.29, 1.82) is 5.26 Å². The van der Waals surface area contributed by atoms with Gasteiger partial charge in [-0.05, 0) is 60.7 Å². The zero-order valence-corrected chi connectivity index (χ0v) is 17.8. The molecule has 0 aromatic heterocycles. The molecular formula is C20H21FN4O3S2. The molecule has 0 spiro atoms. The monoisotopic (exact) mass is 448 g/mol. The van der Waals surface area contributed by atoms with E-state index >= 15 is 0 Å². The molecule has 1 heterocycles. The second-order valence-electron chi connectivity index (χ2n) is 6.51. The van der Waals surface area contributed by atoms with E-state index in [1.54, 1.807) is 29.2 Å². The van der Waals surface area contributed by atoms with E-state index in [9.17, 15) is 12.8 Å². The fourth-order valence-corrected chi connectivity index (χ4v) is 4.69. The van der Waals surface area contributed by atoms with E-state index in [4.69, 9.17) is 22.2 Å². The van der Waals surface area contributed by atoms with Gasteiger partial charge in [0.1, 0.15) is 5.82 Å². The number of nitriles is 1. The second-order valence-corrected chi connectivity index (χ2v) is 8.83. The number of morpholine rings is 1. The van der Waals surface area contributed by atoms with Crippen LogP contribution in [0.5, 0.6) is 0 Å². The smallest absolute Gasteiger partial charge is 0.243 e. The number of nitrogens with one attached hydrogen (secondary N) is 1. The Kier molecular flexibility index (Phi) is 7.33. The Bertz CT molecular complexity index is 1020. The molecule has 2 aromatic rings. The lowest BCUT2D eigenvalue weighted by Gasteiger charge is -2.26. The van der Waals surface area contributed by atoms with Crippen molar-refractivity contribution in [2.75, 3.05) is 43.1 Å². The molecular weight excluding hydrogens is 427 g/mol. The molecule has 0 atom stereocenters. The molecule has 0 saturated carbocycles. The van der Waals surface area contributed by atoms with Gasteiger partial charge in [0.15, 0.2) is 5.11 Å². The lowest BCUT2D eigenvalue weighted by molar-refractivity contribution is 0.0730. The maximum atomic E-state index is 13.2. The summed E-state index contributed by atoms with van der Waals surface area (Å²) in [6, 6.07) is 14.2. The van der Waals surface area contributed by atoms with Crippen LogP contribution in [0, 0.1) is 17.1 Å². The highest BCUT2D eigenvalue weighted by atomic mass is 32.2. The molecule has 1 fully saturated rings. The fraction of sp³-hybridized carbons (Fsp3) is 0.300. The third kappa shape index (κ3) is 5.31. The molecule has 0 bridgehead atoms.